The molecule has 37 heavy (non-hydrogen) atoms. The van der Waals surface area contributed by atoms with E-state index in [1.807, 2.05) is 24.3 Å². The fraction of sp³-hybridized carbons (Fsp3) is 0.179. The Morgan fingerprint density at radius 3 is 2.57 bits per heavy atom. The molecule has 0 aliphatic rings. The molecule has 1 amide bonds. The third-order valence-corrected chi connectivity index (χ3v) is 7.04. The quantitative estimate of drug-likeness (QED) is 0.0798. The first-order valence-corrected chi connectivity index (χ1v) is 12.8. The first kappa shape index (κ1) is 26.2. The Kier molecular flexibility index (Phi) is 8.77. The van der Waals surface area contributed by atoms with Crippen LogP contribution in [0.2, 0.25) is 5.02 Å². The van der Waals surface area contributed by atoms with E-state index in [0.717, 1.165) is 22.9 Å². The number of esters is 1. The minimum absolute atomic E-state index is 0.258. The van der Waals surface area contributed by atoms with Crippen molar-refractivity contribution in [3.05, 3.63) is 87.8 Å². The standard InChI is InChI=1S/C28H25ClN2O5S/c1-3-4-15-35-20-12-10-19(11-13-20)28(33)36-22-14-9-18(16-23(22)34-2)17-30-31-27(32)26-25(29)21-7-5-6-8-24(21)37-26/h5-14,16-17H,3-4,15H2,1-2H3,(H,31,32). The Labute approximate surface area is 223 Å². The largest absolute Gasteiger partial charge is 0.494 e. The van der Waals surface area contributed by atoms with Crippen LogP contribution in [0.1, 0.15) is 45.4 Å². The van der Waals surface area contributed by atoms with Gasteiger partial charge >= 0.3 is 5.97 Å². The molecule has 0 radical (unpaired) electrons. The molecule has 9 heteroatoms. The number of rotatable bonds is 10. The predicted molar refractivity (Wildman–Crippen MR) is 147 cm³/mol. The summed E-state index contributed by atoms with van der Waals surface area (Å²) in [5, 5.41) is 5.26. The number of amides is 1. The van der Waals surface area contributed by atoms with Gasteiger partial charge in [0, 0.05) is 10.1 Å². The summed E-state index contributed by atoms with van der Waals surface area (Å²) in [5.41, 5.74) is 3.52. The minimum Gasteiger partial charge on any atom is -0.494 e. The van der Waals surface area contributed by atoms with Gasteiger partial charge in [-0.2, -0.15) is 5.10 Å². The van der Waals surface area contributed by atoms with Crippen LogP contribution < -0.4 is 19.6 Å². The smallest absolute Gasteiger partial charge is 0.343 e. The molecule has 0 saturated heterocycles. The molecule has 0 atom stereocenters. The molecule has 0 unspecified atom stereocenters. The molecule has 0 aliphatic carbocycles. The van der Waals surface area contributed by atoms with Crippen LogP contribution in [-0.2, 0) is 0 Å². The topological polar surface area (TPSA) is 86.2 Å². The number of nitrogens with one attached hydrogen (secondary N) is 1. The van der Waals surface area contributed by atoms with E-state index < -0.39 is 11.9 Å². The van der Waals surface area contributed by atoms with Crippen LogP contribution in [-0.4, -0.2) is 31.8 Å². The van der Waals surface area contributed by atoms with Gasteiger partial charge in [0.25, 0.3) is 5.91 Å². The van der Waals surface area contributed by atoms with Crippen LogP contribution in [0.4, 0.5) is 0 Å². The van der Waals surface area contributed by atoms with Crippen molar-refractivity contribution in [2.24, 2.45) is 5.10 Å². The van der Waals surface area contributed by atoms with E-state index in [-0.39, 0.29) is 5.75 Å². The summed E-state index contributed by atoms with van der Waals surface area (Å²) in [4.78, 5) is 25.6. The van der Waals surface area contributed by atoms with Crippen molar-refractivity contribution < 1.29 is 23.8 Å². The number of hydrazone groups is 1. The average Bonchev–Trinajstić information content (AvgIpc) is 3.26. The zero-order valence-electron chi connectivity index (χ0n) is 20.3. The van der Waals surface area contributed by atoms with Crippen molar-refractivity contribution >= 4 is 51.1 Å². The summed E-state index contributed by atoms with van der Waals surface area (Å²) in [6.45, 7) is 2.73. The van der Waals surface area contributed by atoms with Crippen LogP contribution in [0.5, 0.6) is 17.2 Å². The van der Waals surface area contributed by atoms with Crippen molar-refractivity contribution in [3.63, 3.8) is 0 Å². The highest BCUT2D eigenvalue weighted by atomic mass is 35.5. The molecule has 4 aromatic rings. The van der Waals surface area contributed by atoms with Crippen LogP contribution >= 0.6 is 22.9 Å². The number of hydrogen-bond acceptors (Lipinski definition) is 7. The van der Waals surface area contributed by atoms with Gasteiger partial charge in [-0.1, -0.05) is 43.1 Å². The molecule has 1 aromatic heterocycles. The highest BCUT2D eigenvalue weighted by Gasteiger charge is 2.17. The number of methoxy groups -OCH3 is 1. The van der Waals surface area contributed by atoms with Gasteiger partial charge in [0.05, 0.1) is 30.5 Å². The number of carbonyl (C=O) groups excluding carboxylic acids is 2. The molecule has 1 heterocycles. The summed E-state index contributed by atoms with van der Waals surface area (Å²) < 4.78 is 17.5. The molecule has 0 spiro atoms. The number of carbonyl (C=O) groups is 2. The van der Waals surface area contributed by atoms with E-state index in [1.165, 1.54) is 24.7 Å². The molecule has 4 rings (SSSR count). The maximum atomic E-state index is 12.6. The second-order valence-corrected chi connectivity index (χ2v) is 9.40. The summed E-state index contributed by atoms with van der Waals surface area (Å²) in [5.74, 6) is 0.381. The zero-order valence-corrected chi connectivity index (χ0v) is 21.9. The molecule has 190 valence electrons. The van der Waals surface area contributed by atoms with E-state index >= 15 is 0 Å². The first-order chi connectivity index (χ1) is 18.0. The Balaban J connectivity index is 1.38. The predicted octanol–water partition coefficient (Wildman–Crippen LogP) is 6.73. The fourth-order valence-corrected chi connectivity index (χ4v) is 4.81. The van der Waals surface area contributed by atoms with Gasteiger partial charge in [0.15, 0.2) is 11.5 Å². The van der Waals surface area contributed by atoms with E-state index in [2.05, 4.69) is 17.5 Å². The first-order valence-electron chi connectivity index (χ1n) is 11.6. The lowest BCUT2D eigenvalue weighted by atomic mass is 10.2. The molecule has 0 bridgehead atoms. The van der Waals surface area contributed by atoms with Gasteiger partial charge in [-0.25, -0.2) is 10.2 Å². The zero-order chi connectivity index (χ0) is 26.2. The number of thiophene rings is 1. The number of ether oxygens (including phenoxy) is 3. The fourth-order valence-electron chi connectivity index (χ4n) is 3.41. The highest BCUT2D eigenvalue weighted by molar-refractivity contribution is 7.21. The number of benzene rings is 3. The van der Waals surface area contributed by atoms with Gasteiger partial charge in [0.2, 0.25) is 0 Å². The van der Waals surface area contributed by atoms with Crippen molar-refractivity contribution in [3.8, 4) is 17.2 Å². The van der Waals surface area contributed by atoms with Crippen LogP contribution in [0.3, 0.4) is 0 Å². The average molecular weight is 537 g/mol. The van der Waals surface area contributed by atoms with Gasteiger partial charge in [0.1, 0.15) is 10.6 Å². The van der Waals surface area contributed by atoms with Crippen molar-refractivity contribution in [2.75, 3.05) is 13.7 Å². The maximum absolute atomic E-state index is 12.6. The van der Waals surface area contributed by atoms with E-state index in [4.69, 9.17) is 25.8 Å². The molecule has 0 saturated carbocycles. The Morgan fingerprint density at radius 2 is 1.84 bits per heavy atom. The Morgan fingerprint density at radius 1 is 1.05 bits per heavy atom. The second kappa shape index (κ2) is 12.4. The van der Waals surface area contributed by atoms with Crippen LogP contribution in [0.25, 0.3) is 10.1 Å². The number of unbranched alkanes of at least 4 members (excludes halogenated alkanes) is 1. The Bertz CT molecular complexity index is 1430. The van der Waals surface area contributed by atoms with Crippen LogP contribution in [0.15, 0.2) is 71.8 Å². The molecule has 0 fully saturated rings. The van der Waals surface area contributed by atoms with Gasteiger partial charge in [-0.15, -0.1) is 11.3 Å². The van der Waals surface area contributed by atoms with Gasteiger partial charge < -0.3 is 14.2 Å². The lowest BCUT2D eigenvalue weighted by molar-refractivity contribution is 0.0729. The summed E-state index contributed by atoms with van der Waals surface area (Å²) in [6.07, 6.45) is 3.48. The summed E-state index contributed by atoms with van der Waals surface area (Å²) >= 11 is 7.66. The monoisotopic (exact) mass is 536 g/mol. The number of nitrogens with zero attached hydrogens (tertiary/aromatic N) is 1. The third kappa shape index (κ3) is 6.47. The van der Waals surface area contributed by atoms with Crippen molar-refractivity contribution in [1.29, 1.82) is 0 Å². The molecule has 3 aromatic carbocycles. The molecule has 7 nitrogen and oxygen atoms in total. The molecule has 1 N–H and O–H groups in total. The van der Waals surface area contributed by atoms with Crippen LogP contribution in [0, 0.1) is 0 Å². The van der Waals surface area contributed by atoms with E-state index in [9.17, 15) is 9.59 Å². The summed E-state index contributed by atoms with van der Waals surface area (Å²) in [7, 11) is 1.47. The molecular weight excluding hydrogens is 512 g/mol. The normalized spacial score (nSPS) is 11.0. The number of hydrogen-bond donors (Lipinski definition) is 1. The maximum Gasteiger partial charge on any atom is 0.343 e. The van der Waals surface area contributed by atoms with Gasteiger partial charge in [-0.05, 0) is 60.5 Å². The minimum atomic E-state index is -0.521. The molecule has 0 aliphatic heterocycles. The second-order valence-electron chi connectivity index (χ2n) is 7.97. The third-order valence-electron chi connectivity index (χ3n) is 5.37. The van der Waals surface area contributed by atoms with E-state index in [0.29, 0.717) is 39.1 Å². The SMILES string of the molecule is CCCCOc1ccc(C(=O)Oc2ccc(C=NNC(=O)c3sc4ccccc4c3Cl)cc2OC)cc1. The summed E-state index contributed by atoms with van der Waals surface area (Å²) in [6, 6.07) is 19.3. The number of halogens is 1. The van der Waals surface area contributed by atoms with E-state index in [1.54, 1.807) is 42.5 Å². The molecular formula is C28H25ClN2O5S. The van der Waals surface area contributed by atoms with Crippen molar-refractivity contribution in [2.45, 2.75) is 19.8 Å². The lowest BCUT2D eigenvalue weighted by Crippen LogP contribution is -2.16. The van der Waals surface area contributed by atoms with Crippen molar-refractivity contribution in [1.82, 2.24) is 5.43 Å². The highest BCUT2D eigenvalue weighted by Crippen LogP contribution is 2.35. The van der Waals surface area contributed by atoms with Gasteiger partial charge in [-0.3, -0.25) is 4.79 Å². The number of fused-ring (bicyclic) bond motifs is 1. The lowest BCUT2D eigenvalue weighted by Gasteiger charge is -2.10. The Hall–Kier alpha value is -3.88.